The Bertz CT molecular complexity index is 887. The number of para-hydroxylation sites is 1. The molecular weight excluding hydrogens is 326 g/mol. The number of amides is 1. The molecule has 1 aromatic heterocycles. The largest absolute Gasteiger partial charge is 0.354 e. The minimum absolute atomic E-state index is 0.0176. The van der Waals surface area contributed by atoms with Crippen LogP contribution in [0.5, 0.6) is 0 Å². The Morgan fingerprint density at radius 3 is 2.77 bits per heavy atom. The zero-order valence-corrected chi connectivity index (χ0v) is 15.5. The molecule has 1 atom stereocenters. The number of aromatic nitrogens is 3. The molecule has 6 nitrogen and oxygen atoms in total. The van der Waals surface area contributed by atoms with E-state index in [1.807, 2.05) is 73.1 Å². The second-order valence-electron chi connectivity index (χ2n) is 6.73. The summed E-state index contributed by atoms with van der Waals surface area (Å²) in [6.07, 6.45) is 0.799. The lowest BCUT2D eigenvalue weighted by Gasteiger charge is -2.24. The third kappa shape index (κ3) is 4.08. The third-order valence-electron chi connectivity index (χ3n) is 4.39. The Balaban J connectivity index is 1.57. The van der Waals surface area contributed by atoms with E-state index in [2.05, 4.69) is 21.7 Å². The van der Waals surface area contributed by atoms with Gasteiger partial charge in [0, 0.05) is 13.1 Å². The molecule has 3 aromatic rings. The highest BCUT2D eigenvalue weighted by Gasteiger charge is 2.22. The predicted molar refractivity (Wildman–Crippen MR) is 103 cm³/mol. The summed E-state index contributed by atoms with van der Waals surface area (Å²) < 4.78 is 1.88. The monoisotopic (exact) mass is 351 g/mol. The molecule has 0 aliphatic carbocycles. The van der Waals surface area contributed by atoms with Gasteiger partial charge in [0.1, 0.15) is 11.6 Å². The van der Waals surface area contributed by atoms with Crippen molar-refractivity contribution in [3.63, 3.8) is 0 Å². The Kier molecular flexibility index (Phi) is 5.63. The average Bonchev–Trinajstić information content (AvgIpc) is 3.02. The Labute approximate surface area is 153 Å². The molecule has 0 unspecified atom stereocenters. The van der Waals surface area contributed by atoms with Crippen molar-refractivity contribution in [3.05, 3.63) is 59.7 Å². The summed E-state index contributed by atoms with van der Waals surface area (Å²) in [5.41, 5.74) is 4.07. The molecular formula is C20H25N5O. The van der Waals surface area contributed by atoms with E-state index in [0.717, 1.165) is 35.1 Å². The summed E-state index contributed by atoms with van der Waals surface area (Å²) in [5, 5.41) is 11.4. The first-order valence-electron chi connectivity index (χ1n) is 8.85. The van der Waals surface area contributed by atoms with Crippen molar-refractivity contribution in [2.24, 2.45) is 0 Å². The van der Waals surface area contributed by atoms with E-state index in [0.29, 0.717) is 6.54 Å². The van der Waals surface area contributed by atoms with Gasteiger partial charge in [-0.05, 0) is 45.1 Å². The lowest BCUT2D eigenvalue weighted by Crippen LogP contribution is -2.37. The summed E-state index contributed by atoms with van der Waals surface area (Å²) in [4.78, 5) is 14.6. The molecule has 0 spiro atoms. The van der Waals surface area contributed by atoms with E-state index in [4.69, 9.17) is 0 Å². The van der Waals surface area contributed by atoms with Crippen LogP contribution in [0.25, 0.3) is 11.0 Å². The highest BCUT2D eigenvalue weighted by atomic mass is 16.2. The van der Waals surface area contributed by atoms with Crippen LogP contribution in [0, 0.1) is 6.92 Å². The van der Waals surface area contributed by atoms with E-state index in [1.165, 1.54) is 0 Å². The number of nitrogens with zero attached hydrogens (tertiary/aromatic N) is 4. The minimum atomic E-state index is -0.290. The number of hydrogen-bond donors (Lipinski definition) is 1. The van der Waals surface area contributed by atoms with Crippen molar-refractivity contribution in [2.75, 3.05) is 20.6 Å². The summed E-state index contributed by atoms with van der Waals surface area (Å²) in [5.74, 6) is 0.0176. The van der Waals surface area contributed by atoms with Gasteiger partial charge in [-0.15, -0.1) is 5.10 Å². The van der Waals surface area contributed by atoms with Crippen molar-refractivity contribution in [1.29, 1.82) is 0 Å². The molecule has 26 heavy (non-hydrogen) atoms. The van der Waals surface area contributed by atoms with Gasteiger partial charge < -0.3 is 5.32 Å². The molecule has 1 N–H and O–H groups in total. The van der Waals surface area contributed by atoms with E-state index in [-0.39, 0.29) is 11.9 Å². The number of carbonyl (C=O) groups is 1. The van der Waals surface area contributed by atoms with E-state index in [1.54, 1.807) is 0 Å². The SMILES string of the molecule is Cc1cccc([C@@H](C(=O)NCCCn2nnc3ccccc32)N(C)C)c1. The van der Waals surface area contributed by atoms with Crippen molar-refractivity contribution in [2.45, 2.75) is 25.9 Å². The minimum Gasteiger partial charge on any atom is -0.354 e. The van der Waals surface area contributed by atoms with Crippen LogP contribution >= 0.6 is 0 Å². The number of carbonyl (C=O) groups excluding carboxylic acids is 1. The zero-order valence-electron chi connectivity index (χ0n) is 15.5. The molecule has 0 saturated heterocycles. The highest BCUT2D eigenvalue weighted by molar-refractivity contribution is 5.83. The first-order valence-corrected chi connectivity index (χ1v) is 8.85. The number of aryl methyl sites for hydroxylation is 2. The molecule has 6 heteroatoms. The van der Waals surface area contributed by atoms with Crippen LogP contribution < -0.4 is 5.32 Å². The van der Waals surface area contributed by atoms with Gasteiger partial charge in [0.05, 0.1) is 5.52 Å². The second-order valence-corrected chi connectivity index (χ2v) is 6.73. The zero-order chi connectivity index (χ0) is 18.5. The summed E-state index contributed by atoms with van der Waals surface area (Å²) in [7, 11) is 3.85. The van der Waals surface area contributed by atoms with E-state index in [9.17, 15) is 4.79 Å². The summed E-state index contributed by atoms with van der Waals surface area (Å²) >= 11 is 0. The van der Waals surface area contributed by atoms with Crippen molar-refractivity contribution < 1.29 is 4.79 Å². The van der Waals surface area contributed by atoms with Crippen molar-refractivity contribution >= 4 is 16.9 Å². The first-order chi connectivity index (χ1) is 12.6. The van der Waals surface area contributed by atoms with Gasteiger partial charge in [0.25, 0.3) is 0 Å². The molecule has 0 bridgehead atoms. The maximum absolute atomic E-state index is 12.7. The quantitative estimate of drug-likeness (QED) is 0.665. The number of likely N-dealkylation sites (N-methyl/N-ethyl adjacent to an activating group) is 1. The second kappa shape index (κ2) is 8.10. The van der Waals surface area contributed by atoms with Gasteiger partial charge >= 0.3 is 0 Å². The van der Waals surface area contributed by atoms with Gasteiger partial charge in [-0.1, -0.05) is 47.2 Å². The maximum atomic E-state index is 12.7. The Hall–Kier alpha value is -2.73. The Morgan fingerprint density at radius 1 is 1.19 bits per heavy atom. The normalized spacial score (nSPS) is 12.5. The fraction of sp³-hybridized carbons (Fsp3) is 0.350. The van der Waals surface area contributed by atoms with Crippen molar-refractivity contribution in [1.82, 2.24) is 25.2 Å². The molecule has 0 fully saturated rings. The fourth-order valence-corrected chi connectivity index (χ4v) is 3.14. The van der Waals surface area contributed by atoms with Crippen LogP contribution in [0.1, 0.15) is 23.6 Å². The third-order valence-corrected chi connectivity index (χ3v) is 4.39. The van der Waals surface area contributed by atoms with Gasteiger partial charge in [0.15, 0.2) is 0 Å². The smallest absolute Gasteiger partial charge is 0.241 e. The number of rotatable bonds is 7. The number of fused-ring (bicyclic) bond motifs is 1. The molecule has 2 aromatic carbocycles. The fourth-order valence-electron chi connectivity index (χ4n) is 3.14. The highest BCUT2D eigenvalue weighted by Crippen LogP contribution is 2.19. The predicted octanol–water partition coefficient (Wildman–Crippen LogP) is 2.55. The molecule has 0 saturated carbocycles. The first kappa shape index (κ1) is 18.1. The van der Waals surface area contributed by atoms with Gasteiger partial charge in [-0.3, -0.25) is 9.69 Å². The molecule has 3 rings (SSSR count). The van der Waals surface area contributed by atoms with Crippen molar-refractivity contribution in [3.8, 4) is 0 Å². The van der Waals surface area contributed by atoms with Crippen LogP contribution in [0.4, 0.5) is 0 Å². The maximum Gasteiger partial charge on any atom is 0.241 e. The Morgan fingerprint density at radius 2 is 2.00 bits per heavy atom. The van der Waals surface area contributed by atoms with Crippen LogP contribution in [-0.4, -0.2) is 46.4 Å². The average molecular weight is 351 g/mol. The topological polar surface area (TPSA) is 63.1 Å². The lowest BCUT2D eigenvalue weighted by atomic mass is 10.0. The van der Waals surface area contributed by atoms with Gasteiger partial charge in [-0.2, -0.15) is 0 Å². The molecule has 0 aliphatic rings. The lowest BCUT2D eigenvalue weighted by molar-refractivity contribution is -0.125. The molecule has 1 amide bonds. The number of nitrogens with one attached hydrogen (secondary N) is 1. The molecule has 0 radical (unpaired) electrons. The molecule has 0 aliphatic heterocycles. The van der Waals surface area contributed by atoms with E-state index >= 15 is 0 Å². The van der Waals surface area contributed by atoms with Gasteiger partial charge in [0.2, 0.25) is 5.91 Å². The standard InChI is InChI=1S/C20H25N5O/c1-15-8-6-9-16(14-15)19(24(2)3)20(26)21-12-7-13-25-18-11-5-4-10-17(18)22-23-25/h4-6,8-11,14,19H,7,12-13H2,1-3H3,(H,21,26)/t19-/m0/s1. The van der Waals surface area contributed by atoms with Crippen LogP contribution in [0.15, 0.2) is 48.5 Å². The van der Waals surface area contributed by atoms with Crippen LogP contribution in [0.2, 0.25) is 0 Å². The van der Waals surface area contributed by atoms with E-state index < -0.39 is 0 Å². The summed E-state index contributed by atoms with van der Waals surface area (Å²) in [6, 6.07) is 15.7. The van der Waals surface area contributed by atoms with Crippen LogP contribution in [0.3, 0.4) is 0 Å². The number of hydrogen-bond acceptors (Lipinski definition) is 4. The van der Waals surface area contributed by atoms with Crippen LogP contribution in [-0.2, 0) is 11.3 Å². The number of benzene rings is 2. The summed E-state index contributed by atoms with van der Waals surface area (Å²) in [6.45, 7) is 3.36. The molecule has 136 valence electrons. The van der Waals surface area contributed by atoms with Gasteiger partial charge in [-0.25, -0.2) is 4.68 Å². The molecule has 1 heterocycles.